The van der Waals surface area contributed by atoms with Crippen LogP contribution in [-0.4, -0.2) is 21.3 Å². The number of aryl methyl sites for hydroxylation is 1. The smallest absolute Gasteiger partial charge is 0.213 e. The highest BCUT2D eigenvalue weighted by atomic mass is 16.5. The van der Waals surface area contributed by atoms with Crippen LogP contribution >= 0.6 is 0 Å². The summed E-state index contributed by atoms with van der Waals surface area (Å²) in [7, 11) is 0. The zero-order valence-electron chi connectivity index (χ0n) is 10.0. The SMILES string of the molecule is Cc1ccc(OC(C)(C)C(C)(C)O)nc1. The molecule has 3 heteroatoms. The third-order valence-corrected chi connectivity index (χ3v) is 2.72. The number of rotatable bonds is 3. The van der Waals surface area contributed by atoms with E-state index in [0.717, 1.165) is 5.56 Å². The highest BCUT2D eigenvalue weighted by Crippen LogP contribution is 2.26. The molecule has 0 unspecified atom stereocenters. The normalized spacial score (nSPS) is 12.7. The standard InChI is InChI=1S/C12H19NO2/c1-9-6-7-10(13-8-9)15-12(4,5)11(2,3)14/h6-8,14H,1-5H3. The van der Waals surface area contributed by atoms with Crippen molar-refractivity contribution in [3.8, 4) is 5.88 Å². The highest BCUT2D eigenvalue weighted by molar-refractivity contribution is 5.17. The Kier molecular flexibility index (Phi) is 3.05. The van der Waals surface area contributed by atoms with E-state index in [1.165, 1.54) is 0 Å². The maximum Gasteiger partial charge on any atom is 0.213 e. The molecule has 15 heavy (non-hydrogen) atoms. The molecule has 0 saturated heterocycles. The van der Waals surface area contributed by atoms with Crippen molar-refractivity contribution in [2.24, 2.45) is 0 Å². The lowest BCUT2D eigenvalue weighted by Crippen LogP contribution is -2.49. The molecule has 0 aliphatic heterocycles. The minimum atomic E-state index is -0.917. The lowest BCUT2D eigenvalue weighted by molar-refractivity contribution is -0.0925. The molecule has 0 spiro atoms. The zero-order valence-corrected chi connectivity index (χ0v) is 10.0. The van der Waals surface area contributed by atoms with E-state index in [1.807, 2.05) is 32.9 Å². The van der Waals surface area contributed by atoms with Gasteiger partial charge in [0.1, 0.15) is 5.60 Å². The van der Waals surface area contributed by atoms with Crippen LogP contribution in [-0.2, 0) is 0 Å². The molecule has 0 saturated carbocycles. The fraction of sp³-hybridized carbons (Fsp3) is 0.583. The van der Waals surface area contributed by atoms with Gasteiger partial charge in [-0.25, -0.2) is 4.98 Å². The number of hydrogen-bond acceptors (Lipinski definition) is 3. The second-order valence-corrected chi connectivity index (χ2v) is 4.85. The second kappa shape index (κ2) is 3.81. The molecule has 1 N–H and O–H groups in total. The van der Waals surface area contributed by atoms with Crippen molar-refractivity contribution < 1.29 is 9.84 Å². The molecular weight excluding hydrogens is 190 g/mol. The molecule has 0 aliphatic carbocycles. The molecular formula is C12H19NO2. The first kappa shape index (κ1) is 12.0. The van der Waals surface area contributed by atoms with Gasteiger partial charge in [-0.3, -0.25) is 0 Å². The van der Waals surface area contributed by atoms with E-state index in [9.17, 15) is 5.11 Å². The predicted molar refractivity (Wildman–Crippen MR) is 60.0 cm³/mol. The van der Waals surface area contributed by atoms with Crippen LogP contribution in [0, 0.1) is 6.92 Å². The van der Waals surface area contributed by atoms with E-state index < -0.39 is 11.2 Å². The van der Waals surface area contributed by atoms with Gasteiger partial charge in [0.2, 0.25) is 5.88 Å². The van der Waals surface area contributed by atoms with E-state index >= 15 is 0 Å². The van der Waals surface area contributed by atoms with Crippen LogP contribution in [0.25, 0.3) is 0 Å². The van der Waals surface area contributed by atoms with Gasteiger partial charge in [-0.1, -0.05) is 6.07 Å². The van der Waals surface area contributed by atoms with Gasteiger partial charge in [-0.05, 0) is 40.2 Å². The monoisotopic (exact) mass is 209 g/mol. The lowest BCUT2D eigenvalue weighted by Gasteiger charge is -2.36. The summed E-state index contributed by atoms with van der Waals surface area (Å²) < 4.78 is 5.66. The highest BCUT2D eigenvalue weighted by Gasteiger charge is 2.37. The first-order valence-corrected chi connectivity index (χ1v) is 5.06. The summed E-state index contributed by atoms with van der Waals surface area (Å²) in [5.74, 6) is 0.535. The number of aliphatic hydroxyl groups is 1. The average Bonchev–Trinajstić information content (AvgIpc) is 2.06. The van der Waals surface area contributed by atoms with E-state index in [2.05, 4.69) is 4.98 Å². The van der Waals surface area contributed by atoms with E-state index in [-0.39, 0.29) is 0 Å². The van der Waals surface area contributed by atoms with Crippen molar-refractivity contribution in [2.45, 2.75) is 45.8 Å². The van der Waals surface area contributed by atoms with Crippen LogP contribution in [0.1, 0.15) is 33.3 Å². The number of pyridine rings is 1. The van der Waals surface area contributed by atoms with Crippen molar-refractivity contribution in [1.82, 2.24) is 4.98 Å². The van der Waals surface area contributed by atoms with Gasteiger partial charge in [0, 0.05) is 12.3 Å². The summed E-state index contributed by atoms with van der Waals surface area (Å²) in [6.45, 7) is 9.10. The van der Waals surface area contributed by atoms with Crippen molar-refractivity contribution in [2.75, 3.05) is 0 Å². The molecule has 0 amide bonds. The van der Waals surface area contributed by atoms with Gasteiger partial charge in [-0.2, -0.15) is 0 Å². The van der Waals surface area contributed by atoms with Crippen LogP contribution in [0.4, 0.5) is 0 Å². The predicted octanol–water partition coefficient (Wildman–Crippen LogP) is 2.32. The molecule has 0 radical (unpaired) electrons. The van der Waals surface area contributed by atoms with Crippen molar-refractivity contribution in [3.05, 3.63) is 23.9 Å². The summed E-state index contributed by atoms with van der Waals surface area (Å²) >= 11 is 0. The van der Waals surface area contributed by atoms with Crippen LogP contribution in [0.2, 0.25) is 0 Å². The fourth-order valence-corrected chi connectivity index (χ4v) is 0.901. The Hall–Kier alpha value is -1.09. The van der Waals surface area contributed by atoms with Crippen LogP contribution in [0.15, 0.2) is 18.3 Å². The van der Waals surface area contributed by atoms with Gasteiger partial charge < -0.3 is 9.84 Å². The molecule has 1 heterocycles. The number of nitrogens with zero attached hydrogens (tertiary/aromatic N) is 1. The lowest BCUT2D eigenvalue weighted by atomic mass is 9.89. The summed E-state index contributed by atoms with van der Waals surface area (Å²) in [6.07, 6.45) is 1.75. The molecule has 1 aromatic rings. The molecule has 84 valence electrons. The average molecular weight is 209 g/mol. The maximum atomic E-state index is 9.91. The fourth-order valence-electron chi connectivity index (χ4n) is 0.901. The third-order valence-electron chi connectivity index (χ3n) is 2.72. The summed E-state index contributed by atoms with van der Waals surface area (Å²) in [5, 5.41) is 9.91. The van der Waals surface area contributed by atoms with E-state index in [1.54, 1.807) is 20.0 Å². The Morgan fingerprint density at radius 1 is 1.20 bits per heavy atom. The zero-order chi connectivity index (χ0) is 11.7. The number of hydrogen-bond donors (Lipinski definition) is 1. The van der Waals surface area contributed by atoms with Gasteiger partial charge in [-0.15, -0.1) is 0 Å². The molecule has 0 fully saturated rings. The van der Waals surface area contributed by atoms with Crippen LogP contribution < -0.4 is 4.74 Å². The molecule has 1 rings (SSSR count). The Balaban J connectivity index is 2.82. The van der Waals surface area contributed by atoms with Gasteiger partial charge in [0.05, 0.1) is 5.60 Å². The molecule has 1 aromatic heterocycles. The minimum Gasteiger partial charge on any atom is -0.469 e. The Bertz CT molecular complexity index is 322. The summed E-state index contributed by atoms with van der Waals surface area (Å²) in [4.78, 5) is 4.14. The Morgan fingerprint density at radius 3 is 2.20 bits per heavy atom. The molecule has 0 bridgehead atoms. The van der Waals surface area contributed by atoms with Crippen molar-refractivity contribution in [3.63, 3.8) is 0 Å². The first-order chi connectivity index (χ1) is 6.72. The van der Waals surface area contributed by atoms with Gasteiger partial charge in [0.25, 0.3) is 0 Å². The summed E-state index contributed by atoms with van der Waals surface area (Å²) in [6, 6.07) is 3.74. The molecule has 0 atom stereocenters. The van der Waals surface area contributed by atoms with Crippen molar-refractivity contribution >= 4 is 0 Å². The van der Waals surface area contributed by atoms with Crippen LogP contribution in [0.3, 0.4) is 0 Å². The van der Waals surface area contributed by atoms with Crippen molar-refractivity contribution in [1.29, 1.82) is 0 Å². The summed E-state index contributed by atoms with van der Waals surface area (Å²) in [5.41, 5.74) is -0.502. The number of aromatic nitrogens is 1. The number of ether oxygens (including phenoxy) is 1. The quantitative estimate of drug-likeness (QED) is 0.830. The maximum absolute atomic E-state index is 9.91. The third kappa shape index (κ3) is 2.93. The van der Waals surface area contributed by atoms with Crippen LogP contribution in [0.5, 0.6) is 5.88 Å². The van der Waals surface area contributed by atoms with E-state index in [4.69, 9.17) is 4.74 Å². The first-order valence-electron chi connectivity index (χ1n) is 5.06. The molecule has 0 aromatic carbocycles. The Morgan fingerprint density at radius 2 is 1.80 bits per heavy atom. The largest absolute Gasteiger partial charge is 0.469 e. The topological polar surface area (TPSA) is 42.4 Å². The molecule has 0 aliphatic rings. The molecule has 3 nitrogen and oxygen atoms in total. The van der Waals surface area contributed by atoms with Gasteiger partial charge >= 0.3 is 0 Å². The Labute approximate surface area is 91.1 Å². The van der Waals surface area contributed by atoms with Gasteiger partial charge in [0.15, 0.2) is 0 Å². The minimum absolute atomic E-state index is 0.535. The van der Waals surface area contributed by atoms with E-state index in [0.29, 0.717) is 5.88 Å². The second-order valence-electron chi connectivity index (χ2n) is 4.85.